The molecule has 0 bridgehead atoms. The van der Waals surface area contributed by atoms with Crippen molar-refractivity contribution in [3.63, 3.8) is 0 Å². The zero-order valence-electron chi connectivity index (χ0n) is 13.1. The van der Waals surface area contributed by atoms with Gasteiger partial charge < -0.3 is 15.2 Å². The SMILES string of the molecule is CC(O)(CC(=O)Nc1cccnc1OCC(F)F)c1ccccc1. The van der Waals surface area contributed by atoms with Crippen LogP contribution in [0.5, 0.6) is 5.88 Å². The molecule has 0 spiro atoms. The van der Waals surface area contributed by atoms with Crippen molar-refractivity contribution in [2.75, 3.05) is 11.9 Å². The normalized spacial score (nSPS) is 13.4. The number of halogens is 2. The van der Waals surface area contributed by atoms with Crippen LogP contribution in [0.15, 0.2) is 48.7 Å². The van der Waals surface area contributed by atoms with Crippen molar-refractivity contribution in [2.45, 2.75) is 25.4 Å². The minimum atomic E-state index is -2.64. The number of hydrogen-bond donors (Lipinski definition) is 2. The maximum absolute atomic E-state index is 12.3. The predicted octanol–water partition coefficient (Wildman–Crippen LogP) is 2.96. The molecule has 1 heterocycles. The van der Waals surface area contributed by atoms with Gasteiger partial charge in [0.05, 0.1) is 12.0 Å². The number of nitrogens with zero attached hydrogens (tertiary/aromatic N) is 1. The van der Waals surface area contributed by atoms with Gasteiger partial charge >= 0.3 is 0 Å². The molecule has 1 atom stereocenters. The van der Waals surface area contributed by atoms with Gasteiger partial charge in [0.25, 0.3) is 6.43 Å². The van der Waals surface area contributed by atoms with Crippen molar-refractivity contribution < 1.29 is 23.4 Å². The standard InChI is InChI=1S/C17H18F2N2O3/c1-17(23,12-6-3-2-4-7-12)10-15(22)21-13-8-5-9-20-16(13)24-11-14(18)19/h2-9,14,23H,10-11H2,1H3,(H,21,22). The largest absolute Gasteiger partial charge is 0.470 e. The Balaban J connectivity index is 2.05. The van der Waals surface area contributed by atoms with Crippen molar-refractivity contribution in [2.24, 2.45) is 0 Å². The van der Waals surface area contributed by atoms with Crippen LogP contribution in [0.25, 0.3) is 0 Å². The molecule has 1 unspecified atom stereocenters. The molecule has 0 aliphatic rings. The summed E-state index contributed by atoms with van der Waals surface area (Å²) >= 11 is 0. The molecule has 2 rings (SSSR count). The fourth-order valence-electron chi connectivity index (χ4n) is 2.15. The molecule has 0 saturated heterocycles. The third kappa shape index (κ3) is 4.99. The Bertz CT molecular complexity index is 679. The van der Waals surface area contributed by atoms with Crippen LogP contribution in [0.1, 0.15) is 18.9 Å². The van der Waals surface area contributed by atoms with E-state index in [2.05, 4.69) is 10.3 Å². The molecule has 2 N–H and O–H groups in total. The average molecular weight is 336 g/mol. The molecule has 1 amide bonds. The Morgan fingerprint density at radius 2 is 2.00 bits per heavy atom. The first-order valence-corrected chi connectivity index (χ1v) is 7.32. The summed E-state index contributed by atoms with van der Waals surface area (Å²) in [6, 6.07) is 11.8. The second kappa shape index (κ2) is 7.83. The molecular formula is C17H18F2N2O3. The van der Waals surface area contributed by atoms with E-state index in [1.165, 1.54) is 19.2 Å². The van der Waals surface area contributed by atoms with Crippen LogP contribution in [0.2, 0.25) is 0 Å². The van der Waals surface area contributed by atoms with Crippen LogP contribution >= 0.6 is 0 Å². The summed E-state index contributed by atoms with van der Waals surface area (Å²) in [5.74, 6) is -0.579. The third-order valence-corrected chi connectivity index (χ3v) is 3.29. The van der Waals surface area contributed by atoms with Crippen molar-refractivity contribution in [3.05, 3.63) is 54.2 Å². The van der Waals surface area contributed by atoms with Gasteiger partial charge in [-0.25, -0.2) is 13.8 Å². The van der Waals surface area contributed by atoms with Gasteiger partial charge in [-0.1, -0.05) is 30.3 Å². The maximum Gasteiger partial charge on any atom is 0.272 e. The van der Waals surface area contributed by atoms with Crippen molar-refractivity contribution in [3.8, 4) is 5.88 Å². The lowest BCUT2D eigenvalue weighted by atomic mass is 9.92. The molecule has 0 aliphatic heterocycles. The molecule has 0 saturated carbocycles. The molecule has 1 aromatic carbocycles. The van der Waals surface area contributed by atoms with Gasteiger partial charge in [-0.3, -0.25) is 4.79 Å². The first-order chi connectivity index (χ1) is 11.4. The molecule has 0 aliphatic carbocycles. The summed E-state index contributed by atoms with van der Waals surface area (Å²) in [6.45, 7) is 0.709. The van der Waals surface area contributed by atoms with E-state index in [4.69, 9.17) is 4.74 Å². The van der Waals surface area contributed by atoms with E-state index in [-0.39, 0.29) is 18.0 Å². The van der Waals surface area contributed by atoms with Crippen LogP contribution in [0.4, 0.5) is 14.5 Å². The quantitative estimate of drug-likeness (QED) is 0.815. The number of benzene rings is 1. The maximum atomic E-state index is 12.3. The molecule has 0 fully saturated rings. The fraction of sp³-hybridized carbons (Fsp3) is 0.294. The lowest BCUT2D eigenvalue weighted by Gasteiger charge is -2.23. The Morgan fingerprint density at radius 1 is 1.29 bits per heavy atom. The van der Waals surface area contributed by atoms with Gasteiger partial charge in [-0.05, 0) is 24.6 Å². The molecule has 1 aromatic heterocycles. The minimum Gasteiger partial charge on any atom is -0.470 e. The number of ether oxygens (including phenoxy) is 1. The Labute approximate surface area is 138 Å². The highest BCUT2D eigenvalue weighted by Gasteiger charge is 2.27. The van der Waals surface area contributed by atoms with Gasteiger partial charge in [0, 0.05) is 6.20 Å². The van der Waals surface area contributed by atoms with Gasteiger partial charge in [0.15, 0.2) is 6.61 Å². The molecule has 7 heteroatoms. The van der Waals surface area contributed by atoms with Crippen LogP contribution in [0.3, 0.4) is 0 Å². The van der Waals surface area contributed by atoms with E-state index >= 15 is 0 Å². The molecule has 5 nitrogen and oxygen atoms in total. The first kappa shape index (κ1) is 17.8. The van der Waals surface area contributed by atoms with Crippen molar-refractivity contribution in [1.29, 1.82) is 0 Å². The topological polar surface area (TPSA) is 71.5 Å². The number of rotatable bonds is 7. The second-order valence-corrected chi connectivity index (χ2v) is 5.42. The highest BCUT2D eigenvalue weighted by atomic mass is 19.3. The van der Waals surface area contributed by atoms with E-state index in [1.54, 1.807) is 30.3 Å². The first-order valence-electron chi connectivity index (χ1n) is 7.32. The van der Waals surface area contributed by atoms with Crippen LogP contribution in [0, 0.1) is 0 Å². The number of alkyl halides is 2. The number of aromatic nitrogens is 1. The number of carbonyl (C=O) groups is 1. The monoisotopic (exact) mass is 336 g/mol. The molecule has 128 valence electrons. The highest BCUT2D eigenvalue weighted by Crippen LogP contribution is 2.26. The lowest BCUT2D eigenvalue weighted by Crippen LogP contribution is -2.28. The van der Waals surface area contributed by atoms with Crippen molar-refractivity contribution in [1.82, 2.24) is 4.98 Å². The number of hydrogen-bond acceptors (Lipinski definition) is 4. The zero-order valence-corrected chi connectivity index (χ0v) is 13.1. The number of amides is 1. The smallest absolute Gasteiger partial charge is 0.272 e. The summed E-state index contributed by atoms with van der Waals surface area (Å²) in [5.41, 5.74) is -0.593. The average Bonchev–Trinajstić information content (AvgIpc) is 2.54. The van der Waals surface area contributed by atoms with Gasteiger partial charge in [0.2, 0.25) is 11.8 Å². The molecular weight excluding hydrogens is 318 g/mol. The van der Waals surface area contributed by atoms with Gasteiger partial charge in [0.1, 0.15) is 5.69 Å². The Kier molecular flexibility index (Phi) is 5.81. The van der Waals surface area contributed by atoms with E-state index in [0.29, 0.717) is 5.56 Å². The molecule has 24 heavy (non-hydrogen) atoms. The number of anilines is 1. The number of pyridine rings is 1. The number of aliphatic hydroxyl groups is 1. The van der Waals surface area contributed by atoms with E-state index < -0.39 is 24.5 Å². The zero-order chi connectivity index (χ0) is 17.6. The summed E-state index contributed by atoms with van der Waals surface area (Å²) in [6.07, 6.45) is -1.48. The van der Waals surface area contributed by atoms with Crippen LogP contribution < -0.4 is 10.1 Å². The molecule has 0 radical (unpaired) electrons. The second-order valence-electron chi connectivity index (χ2n) is 5.42. The summed E-state index contributed by atoms with van der Waals surface area (Å²) in [7, 11) is 0. The molecule has 2 aromatic rings. The highest BCUT2D eigenvalue weighted by molar-refractivity contribution is 5.92. The summed E-state index contributed by atoms with van der Waals surface area (Å²) in [4.78, 5) is 16.0. The van der Waals surface area contributed by atoms with Crippen LogP contribution in [-0.4, -0.2) is 29.0 Å². The van der Waals surface area contributed by atoms with Gasteiger partial charge in [-0.15, -0.1) is 0 Å². The van der Waals surface area contributed by atoms with Crippen molar-refractivity contribution >= 4 is 11.6 Å². The Hall–Kier alpha value is -2.54. The number of carbonyl (C=O) groups excluding carboxylic acids is 1. The fourth-order valence-corrected chi connectivity index (χ4v) is 2.15. The van der Waals surface area contributed by atoms with Crippen LogP contribution in [-0.2, 0) is 10.4 Å². The Morgan fingerprint density at radius 3 is 2.67 bits per heavy atom. The lowest BCUT2D eigenvalue weighted by molar-refractivity contribution is -0.120. The summed E-state index contributed by atoms with van der Waals surface area (Å²) < 4.78 is 29.4. The predicted molar refractivity (Wildman–Crippen MR) is 85.0 cm³/mol. The summed E-state index contributed by atoms with van der Waals surface area (Å²) in [5, 5.41) is 13.0. The van der Waals surface area contributed by atoms with E-state index in [0.717, 1.165) is 0 Å². The number of nitrogens with one attached hydrogen (secondary N) is 1. The van der Waals surface area contributed by atoms with E-state index in [9.17, 15) is 18.7 Å². The minimum absolute atomic E-state index is 0.0921. The van der Waals surface area contributed by atoms with E-state index in [1.807, 2.05) is 6.07 Å². The van der Waals surface area contributed by atoms with Gasteiger partial charge in [-0.2, -0.15) is 0 Å². The third-order valence-electron chi connectivity index (χ3n) is 3.29.